The number of sulfonamides is 1. The van der Waals surface area contributed by atoms with E-state index >= 15 is 0 Å². The molecule has 2 fully saturated rings. The third-order valence-electron chi connectivity index (χ3n) is 5.48. The van der Waals surface area contributed by atoms with Crippen LogP contribution in [0.4, 0.5) is 0 Å². The van der Waals surface area contributed by atoms with Gasteiger partial charge in [0.05, 0.1) is 29.8 Å². The first-order valence-corrected chi connectivity index (χ1v) is 10.8. The van der Waals surface area contributed by atoms with Gasteiger partial charge < -0.3 is 9.47 Å². The molecule has 0 N–H and O–H groups in total. The lowest BCUT2D eigenvalue weighted by Gasteiger charge is -2.46. The van der Waals surface area contributed by atoms with E-state index in [0.717, 1.165) is 11.1 Å². The summed E-state index contributed by atoms with van der Waals surface area (Å²) >= 11 is 0. The highest BCUT2D eigenvalue weighted by Gasteiger charge is 2.45. The largest absolute Gasteiger partial charge is 0.373 e. The molecule has 2 heterocycles. The highest BCUT2D eigenvalue weighted by molar-refractivity contribution is 7.89. The maximum absolute atomic E-state index is 13.1. The topological polar surface area (TPSA) is 55.8 Å². The summed E-state index contributed by atoms with van der Waals surface area (Å²) in [5, 5.41) is 0. The van der Waals surface area contributed by atoms with E-state index < -0.39 is 15.6 Å². The quantitative estimate of drug-likeness (QED) is 0.811. The van der Waals surface area contributed by atoms with E-state index in [2.05, 4.69) is 0 Å². The van der Waals surface area contributed by atoms with E-state index in [9.17, 15) is 8.42 Å². The van der Waals surface area contributed by atoms with Crippen molar-refractivity contribution in [2.45, 2.75) is 36.4 Å². The monoisotopic (exact) mass is 387 g/mol. The van der Waals surface area contributed by atoms with E-state index in [1.807, 2.05) is 49.4 Å². The summed E-state index contributed by atoms with van der Waals surface area (Å²) in [6, 6.07) is 17.1. The zero-order chi connectivity index (χ0) is 18.9. The Morgan fingerprint density at radius 2 is 1.78 bits per heavy atom. The highest BCUT2D eigenvalue weighted by Crippen LogP contribution is 2.39. The summed E-state index contributed by atoms with van der Waals surface area (Å²) < 4.78 is 39.9. The van der Waals surface area contributed by atoms with Gasteiger partial charge in [0.15, 0.2) is 0 Å². The van der Waals surface area contributed by atoms with Gasteiger partial charge in [0, 0.05) is 25.9 Å². The third kappa shape index (κ3) is 3.80. The zero-order valence-corrected chi connectivity index (χ0v) is 16.3. The molecule has 2 aromatic carbocycles. The Labute approximate surface area is 161 Å². The molecule has 0 aliphatic carbocycles. The fourth-order valence-electron chi connectivity index (χ4n) is 3.92. The van der Waals surface area contributed by atoms with Gasteiger partial charge in [-0.1, -0.05) is 48.0 Å². The maximum atomic E-state index is 13.1. The van der Waals surface area contributed by atoms with Gasteiger partial charge in [0.1, 0.15) is 0 Å². The summed E-state index contributed by atoms with van der Waals surface area (Å²) in [7, 11) is -3.52. The number of aryl methyl sites for hydroxylation is 1. The molecule has 0 unspecified atom stereocenters. The maximum Gasteiger partial charge on any atom is 0.243 e. The second kappa shape index (κ2) is 7.36. The Balaban J connectivity index is 1.56. The predicted octanol–water partition coefficient (Wildman–Crippen LogP) is 3.31. The van der Waals surface area contributed by atoms with Gasteiger partial charge in [-0.15, -0.1) is 0 Å². The van der Waals surface area contributed by atoms with Crippen LogP contribution >= 0.6 is 0 Å². The Morgan fingerprint density at radius 3 is 2.52 bits per heavy atom. The molecule has 0 bridgehead atoms. The van der Waals surface area contributed by atoms with E-state index in [-0.39, 0.29) is 6.10 Å². The molecule has 2 aliphatic rings. The van der Waals surface area contributed by atoms with Crippen molar-refractivity contribution in [2.24, 2.45) is 0 Å². The van der Waals surface area contributed by atoms with Crippen LogP contribution in [0.3, 0.4) is 0 Å². The van der Waals surface area contributed by atoms with Crippen LogP contribution in [0.2, 0.25) is 0 Å². The van der Waals surface area contributed by atoms with Crippen LogP contribution in [-0.2, 0) is 19.5 Å². The van der Waals surface area contributed by atoms with Gasteiger partial charge in [-0.05, 0) is 24.6 Å². The number of ether oxygens (including phenoxy) is 2. The molecule has 4 rings (SSSR count). The van der Waals surface area contributed by atoms with Crippen molar-refractivity contribution >= 4 is 10.0 Å². The fourth-order valence-corrected chi connectivity index (χ4v) is 5.42. The van der Waals surface area contributed by atoms with Crippen molar-refractivity contribution in [3.8, 4) is 0 Å². The van der Waals surface area contributed by atoms with Gasteiger partial charge in [-0.25, -0.2) is 8.42 Å². The Kier molecular flexibility index (Phi) is 5.07. The minimum atomic E-state index is -3.52. The summed E-state index contributed by atoms with van der Waals surface area (Å²) in [5.41, 5.74) is 1.66. The molecule has 0 radical (unpaired) electrons. The van der Waals surface area contributed by atoms with Crippen LogP contribution in [0.15, 0.2) is 59.5 Å². The highest BCUT2D eigenvalue weighted by atomic mass is 32.2. The average Bonchev–Trinajstić information content (AvgIpc) is 2.69. The Hall–Kier alpha value is -1.73. The van der Waals surface area contributed by atoms with E-state index in [4.69, 9.17) is 9.47 Å². The second-order valence-electron chi connectivity index (χ2n) is 7.41. The number of benzene rings is 2. The third-order valence-corrected chi connectivity index (χ3v) is 7.34. The minimum Gasteiger partial charge on any atom is -0.373 e. The van der Waals surface area contributed by atoms with Gasteiger partial charge in [-0.3, -0.25) is 0 Å². The van der Waals surface area contributed by atoms with Crippen molar-refractivity contribution < 1.29 is 17.9 Å². The number of nitrogens with zero attached hydrogens (tertiary/aromatic N) is 1. The molecule has 6 heteroatoms. The number of hydrogen-bond donors (Lipinski definition) is 0. The molecule has 0 amide bonds. The van der Waals surface area contributed by atoms with Crippen LogP contribution in [0.5, 0.6) is 0 Å². The van der Waals surface area contributed by atoms with Crippen molar-refractivity contribution in [1.82, 2.24) is 4.31 Å². The lowest BCUT2D eigenvalue weighted by atomic mass is 9.86. The molecular formula is C21H25NO4S. The lowest BCUT2D eigenvalue weighted by Crippen LogP contribution is -2.56. The molecule has 2 atom stereocenters. The van der Waals surface area contributed by atoms with E-state index in [0.29, 0.717) is 44.0 Å². The van der Waals surface area contributed by atoms with Crippen LogP contribution in [0, 0.1) is 6.92 Å². The summed E-state index contributed by atoms with van der Waals surface area (Å²) in [4.78, 5) is 0.344. The smallest absolute Gasteiger partial charge is 0.243 e. The van der Waals surface area contributed by atoms with Crippen LogP contribution in [-0.4, -0.2) is 44.6 Å². The molecule has 144 valence electrons. The van der Waals surface area contributed by atoms with Gasteiger partial charge in [-0.2, -0.15) is 4.31 Å². The van der Waals surface area contributed by atoms with Crippen molar-refractivity contribution in [2.75, 3.05) is 26.3 Å². The van der Waals surface area contributed by atoms with Crippen LogP contribution in [0.1, 0.15) is 30.1 Å². The van der Waals surface area contributed by atoms with Gasteiger partial charge in [0.2, 0.25) is 10.0 Å². The molecule has 1 spiro atoms. The number of hydrogen-bond acceptors (Lipinski definition) is 4. The number of morpholine rings is 1. The molecule has 2 aromatic rings. The first-order chi connectivity index (χ1) is 13.0. The Bertz CT molecular complexity index is 878. The SMILES string of the molecule is Cc1ccc(S(=O)(=O)N2CCO[C@@]3(CCO[C@@H](c4ccccc4)C3)C2)cc1. The van der Waals surface area contributed by atoms with Gasteiger partial charge >= 0.3 is 0 Å². The fraction of sp³-hybridized carbons (Fsp3) is 0.429. The summed E-state index contributed by atoms with van der Waals surface area (Å²) in [6.45, 7) is 3.68. The van der Waals surface area contributed by atoms with Crippen molar-refractivity contribution in [3.63, 3.8) is 0 Å². The standard InChI is InChI=1S/C21H25NO4S/c1-17-7-9-19(10-8-17)27(23,24)22-12-14-26-21(16-22)11-13-25-20(15-21)18-5-3-2-4-6-18/h2-10,20H,11-16H2,1H3/t20-,21-/m1/s1. The molecule has 2 saturated heterocycles. The van der Waals surface area contributed by atoms with Crippen molar-refractivity contribution in [1.29, 1.82) is 0 Å². The minimum absolute atomic E-state index is 0.0676. The van der Waals surface area contributed by atoms with E-state index in [1.54, 1.807) is 16.4 Å². The molecule has 2 aliphatic heterocycles. The molecule has 27 heavy (non-hydrogen) atoms. The average molecular weight is 388 g/mol. The van der Waals surface area contributed by atoms with Crippen LogP contribution < -0.4 is 0 Å². The summed E-state index contributed by atoms with van der Waals surface area (Å²) in [6.07, 6.45) is 1.30. The normalized spacial score (nSPS) is 26.9. The lowest BCUT2D eigenvalue weighted by molar-refractivity contribution is -0.163. The van der Waals surface area contributed by atoms with Gasteiger partial charge in [0.25, 0.3) is 0 Å². The van der Waals surface area contributed by atoms with Crippen molar-refractivity contribution in [3.05, 3.63) is 65.7 Å². The molecule has 0 saturated carbocycles. The molecule has 0 aromatic heterocycles. The van der Waals surface area contributed by atoms with E-state index in [1.165, 1.54) is 0 Å². The molecular weight excluding hydrogens is 362 g/mol. The number of rotatable bonds is 3. The van der Waals surface area contributed by atoms with Crippen LogP contribution in [0.25, 0.3) is 0 Å². The Morgan fingerprint density at radius 1 is 1.04 bits per heavy atom. The first kappa shape index (κ1) is 18.6. The zero-order valence-electron chi connectivity index (χ0n) is 15.5. The molecule has 5 nitrogen and oxygen atoms in total. The second-order valence-corrected chi connectivity index (χ2v) is 9.35. The first-order valence-electron chi connectivity index (χ1n) is 9.36. The summed E-state index contributed by atoms with van der Waals surface area (Å²) in [5.74, 6) is 0. The predicted molar refractivity (Wildman–Crippen MR) is 103 cm³/mol.